The molecule has 0 spiro atoms. The molecular formula is C28H22N4O7S. The van der Waals surface area contributed by atoms with Crippen LogP contribution >= 0.6 is 11.8 Å². The zero-order chi connectivity index (χ0) is 28.2. The van der Waals surface area contributed by atoms with Crippen LogP contribution in [0.25, 0.3) is 11.5 Å². The molecule has 0 saturated carbocycles. The van der Waals surface area contributed by atoms with Crippen molar-refractivity contribution >= 4 is 41.0 Å². The molecule has 5 rings (SSSR count). The van der Waals surface area contributed by atoms with E-state index in [2.05, 4.69) is 15.2 Å². The lowest BCUT2D eigenvalue weighted by atomic mass is 10.1. The number of nitrogens with zero attached hydrogens (tertiary/aromatic N) is 4. The van der Waals surface area contributed by atoms with E-state index < -0.39 is 29.6 Å². The van der Waals surface area contributed by atoms with Crippen molar-refractivity contribution < 1.29 is 33.1 Å². The third-order valence-corrected chi connectivity index (χ3v) is 7.01. The zero-order valence-electron chi connectivity index (χ0n) is 21.4. The van der Waals surface area contributed by atoms with Gasteiger partial charge in [-0.25, -0.2) is 14.7 Å². The predicted molar refractivity (Wildman–Crippen MR) is 143 cm³/mol. The highest BCUT2D eigenvalue weighted by Gasteiger charge is 2.41. The number of esters is 1. The molecule has 40 heavy (non-hydrogen) atoms. The average Bonchev–Trinajstić information content (AvgIpc) is 3.53. The van der Waals surface area contributed by atoms with Crippen LogP contribution in [0, 0.1) is 6.92 Å². The first-order chi connectivity index (χ1) is 19.3. The Morgan fingerprint density at radius 3 is 2.60 bits per heavy atom. The fourth-order valence-electron chi connectivity index (χ4n) is 3.96. The summed E-state index contributed by atoms with van der Waals surface area (Å²) in [6.45, 7) is 1.36. The molecule has 0 N–H and O–H groups in total. The lowest BCUT2D eigenvalue weighted by Gasteiger charge is -2.15. The van der Waals surface area contributed by atoms with Crippen LogP contribution < -0.4 is 9.64 Å². The summed E-state index contributed by atoms with van der Waals surface area (Å²) in [5, 5.41) is 7.41. The maximum Gasteiger partial charge on any atom is 0.338 e. The van der Waals surface area contributed by atoms with Gasteiger partial charge >= 0.3 is 5.97 Å². The van der Waals surface area contributed by atoms with Gasteiger partial charge in [0.2, 0.25) is 17.0 Å². The van der Waals surface area contributed by atoms with E-state index in [1.165, 1.54) is 37.6 Å². The smallest absolute Gasteiger partial charge is 0.338 e. The second kappa shape index (κ2) is 11.5. The maximum absolute atomic E-state index is 13.1. The SMILES string of the molecule is COc1cccc(C(=O)COC(=O)c2ccc(N3C(=O)CC(Sc4nncc(-c5ccc(C)o5)n4)C3=O)cc2)c1. The number of thioether (sulfide) groups is 1. The third-order valence-electron chi connectivity index (χ3n) is 5.97. The van der Waals surface area contributed by atoms with Crippen LogP contribution in [-0.2, 0) is 14.3 Å². The normalized spacial score (nSPS) is 14.8. The minimum Gasteiger partial charge on any atom is -0.497 e. The van der Waals surface area contributed by atoms with Crippen molar-refractivity contribution in [2.75, 3.05) is 18.6 Å². The van der Waals surface area contributed by atoms with Crippen molar-refractivity contribution in [2.24, 2.45) is 0 Å². The Morgan fingerprint density at radius 2 is 1.88 bits per heavy atom. The Morgan fingerprint density at radius 1 is 1.07 bits per heavy atom. The molecule has 1 atom stereocenters. The van der Waals surface area contributed by atoms with Gasteiger partial charge in [-0.05, 0) is 55.5 Å². The van der Waals surface area contributed by atoms with E-state index in [4.69, 9.17) is 13.9 Å². The number of carbonyl (C=O) groups is 4. The molecule has 2 aromatic carbocycles. The molecule has 202 valence electrons. The summed E-state index contributed by atoms with van der Waals surface area (Å²) in [6, 6.07) is 15.9. The molecule has 0 aliphatic carbocycles. The van der Waals surface area contributed by atoms with Crippen LogP contribution in [0.3, 0.4) is 0 Å². The quantitative estimate of drug-likeness (QED) is 0.168. The second-order valence-corrected chi connectivity index (χ2v) is 9.86. The number of aryl methyl sites for hydroxylation is 1. The average molecular weight is 559 g/mol. The lowest BCUT2D eigenvalue weighted by molar-refractivity contribution is -0.121. The number of anilines is 1. The summed E-state index contributed by atoms with van der Waals surface area (Å²) in [5.41, 5.74) is 1.29. The lowest BCUT2D eigenvalue weighted by Crippen LogP contribution is -2.31. The van der Waals surface area contributed by atoms with Crippen LogP contribution in [0.15, 0.2) is 76.4 Å². The number of ether oxygens (including phenoxy) is 2. The highest BCUT2D eigenvalue weighted by molar-refractivity contribution is 8.00. The number of aromatic nitrogens is 3. The van der Waals surface area contributed by atoms with Gasteiger partial charge in [0.25, 0.3) is 0 Å². The molecule has 11 nitrogen and oxygen atoms in total. The standard InChI is InChI=1S/C28H22N4O7S/c1-16-6-11-23(39-16)21-14-29-31-28(30-21)40-24-13-25(34)32(26(24)35)19-9-7-17(8-10-19)27(36)38-15-22(33)18-4-3-5-20(12-18)37-2/h3-12,14,24H,13,15H2,1-2H3. The number of amides is 2. The van der Waals surface area contributed by atoms with E-state index in [9.17, 15) is 19.2 Å². The largest absolute Gasteiger partial charge is 0.497 e. The number of ketones is 1. The Bertz CT molecular complexity index is 1600. The third kappa shape index (κ3) is 5.76. The van der Waals surface area contributed by atoms with Gasteiger partial charge in [-0.2, -0.15) is 5.10 Å². The van der Waals surface area contributed by atoms with E-state index in [1.54, 1.807) is 36.4 Å². The molecule has 2 aromatic heterocycles. The van der Waals surface area contributed by atoms with Gasteiger partial charge in [0.15, 0.2) is 18.2 Å². The number of hydrogen-bond donors (Lipinski definition) is 0. The molecular weight excluding hydrogens is 536 g/mol. The first-order valence-electron chi connectivity index (χ1n) is 12.1. The molecule has 0 bridgehead atoms. The number of methoxy groups -OCH3 is 1. The Labute approximate surface area is 232 Å². The summed E-state index contributed by atoms with van der Waals surface area (Å²) >= 11 is 1.04. The second-order valence-electron chi connectivity index (χ2n) is 8.69. The number of imide groups is 1. The fraction of sp³-hybridized carbons (Fsp3) is 0.179. The van der Waals surface area contributed by atoms with Crippen molar-refractivity contribution in [3.05, 3.63) is 83.7 Å². The van der Waals surface area contributed by atoms with Crippen LogP contribution in [0.5, 0.6) is 5.75 Å². The maximum atomic E-state index is 13.1. The van der Waals surface area contributed by atoms with Crippen molar-refractivity contribution in [1.29, 1.82) is 0 Å². The van der Waals surface area contributed by atoms with Crippen molar-refractivity contribution in [3.8, 4) is 17.2 Å². The fourth-order valence-corrected chi connectivity index (χ4v) is 4.90. The number of furan rings is 1. The molecule has 4 aromatic rings. The first kappa shape index (κ1) is 26.8. The summed E-state index contributed by atoms with van der Waals surface area (Å²) in [6.07, 6.45) is 1.41. The van der Waals surface area contributed by atoms with E-state index in [-0.39, 0.29) is 22.9 Å². The number of Topliss-reactive ketones (excluding diaryl/α,β-unsaturated/α-hetero) is 1. The van der Waals surface area contributed by atoms with Crippen molar-refractivity contribution in [1.82, 2.24) is 15.2 Å². The van der Waals surface area contributed by atoms with Crippen molar-refractivity contribution in [3.63, 3.8) is 0 Å². The van der Waals surface area contributed by atoms with Gasteiger partial charge in [-0.3, -0.25) is 14.4 Å². The molecule has 0 radical (unpaired) electrons. The minimum atomic E-state index is -0.741. The number of rotatable bonds is 9. The predicted octanol–water partition coefficient (Wildman–Crippen LogP) is 3.91. The summed E-state index contributed by atoms with van der Waals surface area (Å²) < 4.78 is 15.8. The van der Waals surface area contributed by atoms with Crippen molar-refractivity contribution in [2.45, 2.75) is 23.8 Å². The molecule has 3 heterocycles. The van der Waals surface area contributed by atoms with E-state index in [0.29, 0.717) is 28.5 Å². The molecule has 12 heteroatoms. The summed E-state index contributed by atoms with van der Waals surface area (Å²) in [4.78, 5) is 56.1. The van der Waals surface area contributed by atoms with E-state index in [0.717, 1.165) is 22.4 Å². The van der Waals surface area contributed by atoms with Gasteiger partial charge in [0.05, 0.1) is 24.6 Å². The Kier molecular flexibility index (Phi) is 7.69. The van der Waals surface area contributed by atoms with Gasteiger partial charge in [0, 0.05) is 12.0 Å². The monoisotopic (exact) mass is 558 g/mol. The van der Waals surface area contributed by atoms with Gasteiger partial charge < -0.3 is 13.9 Å². The van der Waals surface area contributed by atoms with E-state index in [1.807, 2.05) is 6.92 Å². The van der Waals surface area contributed by atoms with Crippen LogP contribution in [0.2, 0.25) is 0 Å². The highest BCUT2D eigenvalue weighted by atomic mass is 32.2. The summed E-state index contributed by atoms with van der Waals surface area (Å²) in [7, 11) is 1.49. The van der Waals surface area contributed by atoms with Crippen LogP contribution in [-0.4, -0.2) is 57.7 Å². The summed E-state index contributed by atoms with van der Waals surface area (Å²) in [5.74, 6) is -0.175. The Balaban J connectivity index is 1.21. The minimum absolute atomic E-state index is 0.0485. The van der Waals surface area contributed by atoms with Crippen LogP contribution in [0.4, 0.5) is 5.69 Å². The van der Waals surface area contributed by atoms with E-state index >= 15 is 0 Å². The number of carbonyl (C=O) groups excluding carboxylic acids is 4. The zero-order valence-corrected chi connectivity index (χ0v) is 22.2. The molecule has 1 saturated heterocycles. The van der Waals surface area contributed by atoms with Gasteiger partial charge in [0.1, 0.15) is 22.5 Å². The number of benzene rings is 2. The molecule has 1 aliphatic heterocycles. The van der Waals surface area contributed by atoms with Gasteiger partial charge in [-0.15, -0.1) is 5.10 Å². The first-order valence-corrected chi connectivity index (χ1v) is 12.9. The van der Waals surface area contributed by atoms with Crippen LogP contribution in [0.1, 0.15) is 32.9 Å². The molecule has 1 aliphatic rings. The molecule has 2 amide bonds. The van der Waals surface area contributed by atoms with Gasteiger partial charge in [-0.1, -0.05) is 23.9 Å². The topological polar surface area (TPSA) is 142 Å². The number of hydrogen-bond acceptors (Lipinski definition) is 11. The Hall–Kier alpha value is -4.84. The molecule has 1 unspecified atom stereocenters. The molecule has 1 fully saturated rings. The highest BCUT2D eigenvalue weighted by Crippen LogP contribution is 2.33.